The van der Waals surface area contributed by atoms with E-state index in [-0.39, 0.29) is 24.1 Å². The molecule has 3 fully saturated rings. The van der Waals surface area contributed by atoms with Crippen molar-refractivity contribution in [1.29, 1.82) is 0 Å². The molecule has 4 N–H and O–H groups in total. The minimum Gasteiger partial charge on any atom is -0.340 e. The van der Waals surface area contributed by atoms with Crippen LogP contribution in [0.25, 0.3) is 0 Å². The van der Waals surface area contributed by atoms with Crippen LogP contribution < -0.4 is 21.3 Å². The predicted molar refractivity (Wildman–Crippen MR) is 109 cm³/mol. The van der Waals surface area contributed by atoms with E-state index in [9.17, 15) is 27.6 Å². The van der Waals surface area contributed by atoms with E-state index in [4.69, 9.17) is 0 Å². The van der Waals surface area contributed by atoms with Crippen LogP contribution in [0.2, 0.25) is 0 Å². The highest BCUT2D eigenvalue weighted by Crippen LogP contribution is 2.32. The first-order valence-electron chi connectivity index (χ1n) is 10.7. The number of alkyl halides is 3. The number of benzene rings is 1. The molecule has 5 unspecified atom stereocenters. The summed E-state index contributed by atoms with van der Waals surface area (Å²) >= 11 is 0. The lowest BCUT2D eigenvalue weighted by atomic mass is 9.81. The molecule has 3 aliphatic rings. The first kappa shape index (κ1) is 22.5. The number of carbonyl (C=O) groups excluding carboxylic acids is 3. The number of piperidine rings is 2. The van der Waals surface area contributed by atoms with Gasteiger partial charge in [0.15, 0.2) is 0 Å². The average Bonchev–Trinajstić information content (AvgIpc) is 2.72. The second-order valence-corrected chi connectivity index (χ2v) is 8.61. The van der Waals surface area contributed by atoms with Gasteiger partial charge in [-0.3, -0.25) is 24.6 Å². The summed E-state index contributed by atoms with van der Waals surface area (Å²) in [6, 6.07) is 4.50. The molecule has 4 rings (SSSR count). The van der Waals surface area contributed by atoms with Crippen LogP contribution in [0.5, 0.6) is 0 Å². The third-order valence-electron chi connectivity index (χ3n) is 6.41. The number of halogens is 3. The second-order valence-electron chi connectivity index (χ2n) is 8.61. The van der Waals surface area contributed by atoms with E-state index < -0.39 is 47.8 Å². The minimum atomic E-state index is -4.55. The maximum Gasteiger partial charge on any atom is 0.416 e. The molecule has 0 aromatic heterocycles. The zero-order valence-corrected chi connectivity index (χ0v) is 17.5. The SMILES string of the molecule is CC1CCCCN1C1NC(=O)C2C(NC(=O)CC2C(=O)Nc2cccc(C(F)(F)F)c2)N1. The topological polar surface area (TPSA) is 103 Å². The Morgan fingerprint density at radius 3 is 2.69 bits per heavy atom. The summed E-state index contributed by atoms with van der Waals surface area (Å²) in [6.45, 7) is 2.87. The molecule has 1 aromatic rings. The van der Waals surface area contributed by atoms with E-state index in [1.54, 1.807) is 0 Å². The van der Waals surface area contributed by atoms with E-state index >= 15 is 0 Å². The summed E-state index contributed by atoms with van der Waals surface area (Å²) in [5.74, 6) is -3.34. The number of hydrogen-bond acceptors (Lipinski definition) is 5. The van der Waals surface area contributed by atoms with Crippen LogP contribution in [0, 0.1) is 11.8 Å². The number of rotatable bonds is 3. The Morgan fingerprint density at radius 1 is 1.19 bits per heavy atom. The van der Waals surface area contributed by atoms with Crippen molar-refractivity contribution in [3.8, 4) is 0 Å². The molecule has 0 bridgehead atoms. The van der Waals surface area contributed by atoms with Crippen molar-refractivity contribution < 1.29 is 27.6 Å². The summed E-state index contributed by atoms with van der Waals surface area (Å²) in [5, 5.41) is 11.3. The predicted octanol–water partition coefficient (Wildman–Crippen LogP) is 1.60. The van der Waals surface area contributed by atoms with Crippen LogP contribution >= 0.6 is 0 Å². The van der Waals surface area contributed by atoms with Gasteiger partial charge in [0.1, 0.15) is 6.29 Å². The number of nitrogens with one attached hydrogen (secondary N) is 4. The standard InChI is InChI=1S/C21H26F3N5O3/c1-11-5-2-3-8-29(11)20-27-17-16(19(32)28-20)14(10-15(30)26-17)18(31)25-13-7-4-6-12(9-13)21(22,23)24/h4,6-7,9,11,14,16-17,20,27H,2-3,5,8,10H2,1H3,(H,25,31)(H,26,30)(H,28,32). The molecule has 32 heavy (non-hydrogen) atoms. The van der Waals surface area contributed by atoms with Gasteiger partial charge in [-0.05, 0) is 38.0 Å². The van der Waals surface area contributed by atoms with Crippen molar-refractivity contribution in [3.05, 3.63) is 29.8 Å². The van der Waals surface area contributed by atoms with Crippen molar-refractivity contribution in [2.24, 2.45) is 11.8 Å². The summed E-state index contributed by atoms with van der Waals surface area (Å²) in [5.41, 5.74) is -0.943. The smallest absolute Gasteiger partial charge is 0.340 e. The molecule has 1 aromatic carbocycles. The zero-order valence-electron chi connectivity index (χ0n) is 17.5. The van der Waals surface area contributed by atoms with Crippen molar-refractivity contribution in [2.45, 2.75) is 57.3 Å². The van der Waals surface area contributed by atoms with Gasteiger partial charge in [0.2, 0.25) is 17.7 Å². The molecule has 3 heterocycles. The fourth-order valence-electron chi connectivity index (χ4n) is 4.75. The molecule has 0 spiro atoms. The van der Waals surface area contributed by atoms with Gasteiger partial charge in [-0.15, -0.1) is 0 Å². The van der Waals surface area contributed by atoms with Gasteiger partial charge in [0, 0.05) is 24.7 Å². The number of anilines is 1. The lowest BCUT2D eigenvalue weighted by Gasteiger charge is -2.48. The lowest BCUT2D eigenvalue weighted by Crippen LogP contribution is -2.75. The Balaban J connectivity index is 1.50. The molecule has 11 heteroatoms. The van der Waals surface area contributed by atoms with E-state index in [2.05, 4.69) is 33.1 Å². The van der Waals surface area contributed by atoms with Gasteiger partial charge in [0.05, 0.1) is 23.6 Å². The highest BCUT2D eigenvalue weighted by Gasteiger charge is 2.49. The zero-order chi connectivity index (χ0) is 23.0. The van der Waals surface area contributed by atoms with E-state index in [0.717, 1.165) is 37.9 Å². The van der Waals surface area contributed by atoms with E-state index in [1.807, 2.05) is 0 Å². The number of fused-ring (bicyclic) bond motifs is 1. The van der Waals surface area contributed by atoms with Crippen molar-refractivity contribution in [3.63, 3.8) is 0 Å². The highest BCUT2D eigenvalue weighted by atomic mass is 19.4. The third kappa shape index (κ3) is 4.58. The lowest BCUT2D eigenvalue weighted by molar-refractivity contribution is -0.148. The molecule has 0 aliphatic carbocycles. The third-order valence-corrected chi connectivity index (χ3v) is 6.41. The second kappa shape index (κ2) is 8.70. The van der Waals surface area contributed by atoms with Gasteiger partial charge in [0.25, 0.3) is 0 Å². The summed E-state index contributed by atoms with van der Waals surface area (Å²) in [6.07, 6.45) is -2.89. The summed E-state index contributed by atoms with van der Waals surface area (Å²) in [7, 11) is 0. The maximum absolute atomic E-state index is 13.0. The summed E-state index contributed by atoms with van der Waals surface area (Å²) < 4.78 is 38.9. The van der Waals surface area contributed by atoms with Gasteiger partial charge < -0.3 is 16.0 Å². The molecule has 3 aliphatic heterocycles. The Labute approximate surface area is 183 Å². The number of likely N-dealkylation sites (tertiary alicyclic amines) is 1. The minimum absolute atomic E-state index is 0.0449. The molecule has 3 saturated heterocycles. The Hall–Kier alpha value is -2.66. The molecule has 0 saturated carbocycles. The maximum atomic E-state index is 13.0. The number of nitrogens with zero attached hydrogens (tertiary/aromatic N) is 1. The van der Waals surface area contributed by atoms with Crippen molar-refractivity contribution in [2.75, 3.05) is 11.9 Å². The largest absolute Gasteiger partial charge is 0.416 e. The normalized spacial score (nSPS) is 31.3. The van der Waals surface area contributed by atoms with Gasteiger partial charge in [-0.2, -0.15) is 13.2 Å². The Morgan fingerprint density at radius 2 is 1.97 bits per heavy atom. The molecule has 3 amide bonds. The number of carbonyl (C=O) groups is 3. The monoisotopic (exact) mass is 453 g/mol. The molecule has 5 atom stereocenters. The Bertz CT molecular complexity index is 909. The molecule has 8 nitrogen and oxygen atoms in total. The summed E-state index contributed by atoms with van der Waals surface area (Å²) in [4.78, 5) is 40.3. The van der Waals surface area contributed by atoms with Crippen LogP contribution in [0.1, 0.15) is 38.2 Å². The average molecular weight is 453 g/mol. The van der Waals surface area contributed by atoms with Crippen LogP contribution in [0.3, 0.4) is 0 Å². The van der Waals surface area contributed by atoms with Crippen molar-refractivity contribution in [1.82, 2.24) is 20.9 Å². The molecule has 0 radical (unpaired) electrons. The van der Waals surface area contributed by atoms with Gasteiger partial charge >= 0.3 is 6.18 Å². The Kier molecular flexibility index (Phi) is 6.13. The first-order chi connectivity index (χ1) is 15.1. The molecule has 174 valence electrons. The first-order valence-corrected chi connectivity index (χ1v) is 10.7. The van der Waals surface area contributed by atoms with E-state index in [1.165, 1.54) is 12.1 Å². The number of hydrogen-bond donors (Lipinski definition) is 4. The van der Waals surface area contributed by atoms with Gasteiger partial charge in [-0.1, -0.05) is 12.5 Å². The van der Waals surface area contributed by atoms with Crippen molar-refractivity contribution >= 4 is 23.4 Å². The van der Waals surface area contributed by atoms with Crippen LogP contribution in [-0.4, -0.2) is 47.7 Å². The quantitative estimate of drug-likeness (QED) is 0.557. The van der Waals surface area contributed by atoms with E-state index in [0.29, 0.717) is 0 Å². The van der Waals surface area contributed by atoms with Gasteiger partial charge in [-0.25, -0.2) is 0 Å². The highest BCUT2D eigenvalue weighted by molar-refractivity contribution is 6.00. The fraction of sp³-hybridized carbons (Fsp3) is 0.571. The molecular formula is C21H26F3N5O3. The van der Waals surface area contributed by atoms with Crippen LogP contribution in [0.15, 0.2) is 24.3 Å². The number of amides is 3. The van der Waals surface area contributed by atoms with Crippen LogP contribution in [-0.2, 0) is 20.6 Å². The molecular weight excluding hydrogens is 427 g/mol. The fourth-order valence-corrected chi connectivity index (χ4v) is 4.75. The van der Waals surface area contributed by atoms with Crippen LogP contribution in [0.4, 0.5) is 18.9 Å².